The maximum atomic E-state index is 9.91. The van der Waals surface area contributed by atoms with E-state index in [0.29, 0.717) is 6.61 Å². The maximum absolute atomic E-state index is 9.91. The Labute approximate surface area is 198 Å². The highest BCUT2D eigenvalue weighted by atomic mass is 16.6. The van der Waals surface area contributed by atoms with Crippen molar-refractivity contribution >= 4 is 0 Å². The third-order valence-corrected chi connectivity index (χ3v) is 6.17. The largest absolute Gasteiger partial charge is 0.508 e. The highest BCUT2D eigenvalue weighted by Crippen LogP contribution is 2.44. The molecule has 0 aliphatic carbocycles. The minimum absolute atomic E-state index is 0.101. The Morgan fingerprint density at radius 3 is 1.24 bits per heavy atom. The molecular formula is C29H26O5. The molecule has 172 valence electrons. The monoisotopic (exact) mass is 454 g/mol. The lowest BCUT2D eigenvalue weighted by Crippen LogP contribution is -2.15. The fraction of sp³-hybridized carbons (Fsp3) is 0.172. The van der Waals surface area contributed by atoms with Crippen molar-refractivity contribution in [3.8, 4) is 23.0 Å². The van der Waals surface area contributed by atoms with Crippen LogP contribution in [-0.2, 0) is 4.74 Å². The third kappa shape index (κ3) is 5.00. The molecule has 0 saturated carbocycles. The molecule has 0 aromatic heterocycles. The molecule has 1 saturated heterocycles. The van der Waals surface area contributed by atoms with Crippen LogP contribution >= 0.6 is 0 Å². The van der Waals surface area contributed by atoms with Crippen LogP contribution in [0, 0.1) is 0 Å². The molecule has 1 aliphatic heterocycles. The quantitative estimate of drug-likeness (QED) is 0.304. The normalized spacial score (nSPS) is 15.7. The summed E-state index contributed by atoms with van der Waals surface area (Å²) in [4.78, 5) is 0. The van der Waals surface area contributed by atoms with E-state index in [-0.39, 0.29) is 35.2 Å². The number of rotatable bonds is 8. The van der Waals surface area contributed by atoms with Crippen LogP contribution in [0.1, 0.15) is 34.1 Å². The number of hydrogen-bond acceptors (Lipinski definition) is 5. The van der Waals surface area contributed by atoms with Crippen LogP contribution in [0.5, 0.6) is 23.0 Å². The van der Waals surface area contributed by atoms with E-state index < -0.39 is 0 Å². The van der Waals surface area contributed by atoms with Gasteiger partial charge in [-0.25, -0.2) is 0 Å². The first-order valence-electron chi connectivity index (χ1n) is 11.3. The summed E-state index contributed by atoms with van der Waals surface area (Å²) in [5, 5.41) is 29.7. The molecule has 0 bridgehead atoms. The van der Waals surface area contributed by atoms with E-state index in [1.807, 2.05) is 48.5 Å². The number of aromatic hydroxyl groups is 3. The van der Waals surface area contributed by atoms with Gasteiger partial charge < -0.3 is 24.8 Å². The van der Waals surface area contributed by atoms with E-state index in [9.17, 15) is 15.3 Å². The minimum atomic E-state index is -0.114. The SMILES string of the molecule is Oc1ccc(C(c2ccc(O)cc2)C(c2ccc(O)cc2)c2ccc(OCC3CO3)cc2)cc1. The fourth-order valence-electron chi connectivity index (χ4n) is 4.32. The standard InChI is InChI=1S/C29H26O5/c30-23-9-1-19(2-10-23)28(20-3-11-24(31)12-4-20)29(21-5-13-25(32)14-6-21)22-7-15-26(16-8-22)33-17-27-18-34-27/h1-16,27-32H,17-18H2. The molecular weight excluding hydrogens is 428 g/mol. The number of ether oxygens (including phenoxy) is 2. The van der Waals surface area contributed by atoms with Gasteiger partial charge in [-0.3, -0.25) is 0 Å². The van der Waals surface area contributed by atoms with Crippen LogP contribution in [0.4, 0.5) is 0 Å². The molecule has 0 spiro atoms. The first-order chi connectivity index (χ1) is 16.6. The molecule has 3 N–H and O–H groups in total. The second-order valence-electron chi connectivity index (χ2n) is 8.57. The average Bonchev–Trinajstić information content (AvgIpc) is 3.69. The summed E-state index contributed by atoms with van der Waals surface area (Å²) in [6.45, 7) is 1.30. The molecule has 2 unspecified atom stereocenters. The van der Waals surface area contributed by atoms with Crippen LogP contribution < -0.4 is 4.74 Å². The fourth-order valence-corrected chi connectivity index (χ4v) is 4.32. The first-order valence-corrected chi connectivity index (χ1v) is 11.3. The second-order valence-corrected chi connectivity index (χ2v) is 8.57. The van der Waals surface area contributed by atoms with Gasteiger partial charge in [-0.2, -0.15) is 0 Å². The van der Waals surface area contributed by atoms with Crippen LogP contribution in [-0.4, -0.2) is 34.6 Å². The van der Waals surface area contributed by atoms with Crippen LogP contribution in [0.3, 0.4) is 0 Å². The third-order valence-electron chi connectivity index (χ3n) is 6.17. The van der Waals surface area contributed by atoms with Crippen LogP contribution in [0.15, 0.2) is 97.1 Å². The summed E-state index contributed by atoms with van der Waals surface area (Å²) in [7, 11) is 0. The number of benzene rings is 4. The zero-order chi connectivity index (χ0) is 23.5. The van der Waals surface area contributed by atoms with Crippen molar-refractivity contribution in [1.29, 1.82) is 0 Å². The van der Waals surface area contributed by atoms with E-state index >= 15 is 0 Å². The van der Waals surface area contributed by atoms with Gasteiger partial charge in [-0.05, 0) is 70.8 Å². The summed E-state index contributed by atoms with van der Waals surface area (Å²) < 4.78 is 11.1. The lowest BCUT2D eigenvalue weighted by molar-refractivity contribution is 0.263. The van der Waals surface area contributed by atoms with E-state index in [2.05, 4.69) is 12.1 Å². The van der Waals surface area contributed by atoms with Gasteiger partial charge in [0.1, 0.15) is 35.7 Å². The molecule has 2 atom stereocenters. The zero-order valence-corrected chi connectivity index (χ0v) is 18.5. The Hall–Kier alpha value is -3.96. The van der Waals surface area contributed by atoms with E-state index in [0.717, 1.165) is 34.6 Å². The molecule has 1 aliphatic rings. The maximum Gasteiger partial charge on any atom is 0.119 e. The Kier molecular flexibility index (Phi) is 6.11. The summed E-state index contributed by atoms with van der Waals surface area (Å²) in [5.41, 5.74) is 4.15. The summed E-state index contributed by atoms with van der Waals surface area (Å²) in [6, 6.07) is 29.8. The van der Waals surface area contributed by atoms with E-state index in [1.54, 1.807) is 36.4 Å². The van der Waals surface area contributed by atoms with E-state index in [1.165, 1.54) is 0 Å². The second kappa shape index (κ2) is 9.49. The van der Waals surface area contributed by atoms with Crippen LogP contribution in [0.25, 0.3) is 0 Å². The highest BCUT2D eigenvalue weighted by Gasteiger charge is 2.29. The average molecular weight is 455 g/mol. The predicted molar refractivity (Wildman–Crippen MR) is 130 cm³/mol. The molecule has 5 rings (SSSR count). The lowest BCUT2D eigenvalue weighted by atomic mass is 9.73. The minimum Gasteiger partial charge on any atom is -0.508 e. The molecule has 5 heteroatoms. The molecule has 0 radical (unpaired) electrons. The smallest absolute Gasteiger partial charge is 0.119 e. The number of hydrogen-bond donors (Lipinski definition) is 3. The van der Waals surface area contributed by atoms with Gasteiger partial charge in [0.15, 0.2) is 0 Å². The van der Waals surface area contributed by atoms with Gasteiger partial charge in [0.2, 0.25) is 0 Å². The van der Waals surface area contributed by atoms with Crippen molar-refractivity contribution in [2.75, 3.05) is 13.2 Å². The van der Waals surface area contributed by atoms with Gasteiger partial charge in [0.05, 0.1) is 6.61 Å². The van der Waals surface area contributed by atoms with E-state index in [4.69, 9.17) is 9.47 Å². The Bertz CT molecular complexity index is 1170. The molecule has 4 aromatic carbocycles. The van der Waals surface area contributed by atoms with Crippen molar-refractivity contribution in [2.24, 2.45) is 0 Å². The highest BCUT2D eigenvalue weighted by molar-refractivity contribution is 5.48. The van der Waals surface area contributed by atoms with Crippen molar-refractivity contribution in [3.63, 3.8) is 0 Å². The summed E-state index contributed by atoms with van der Waals surface area (Å²) in [6.07, 6.45) is 0.192. The van der Waals surface area contributed by atoms with Gasteiger partial charge in [0, 0.05) is 11.8 Å². The van der Waals surface area contributed by atoms with Gasteiger partial charge in [0.25, 0.3) is 0 Å². The Morgan fingerprint density at radius 2 is 0.912 bits per heavy atom. The van der Waals surface area contributed by atoms with Gasteiger partial charge in [-0.15, -0.1) is 0 Å². The lowest BCUT2D eigenvalue weighted by Gasteiger charge is -2.30. The molecule has 1 heterocycles. The van der Waals surface area contributed by atoms with Crippen molar-refractivity contribution < 1.29 is 24.8 Å². The topological polar surface area (TPSA) is 82.5 Å². The Balaban J connectivity index is 1.60. The predicted octanol–water partition coefficient (Wildman–Crippen LogP) is 5.55. The molecule has 5 nitrogen and oxygen atoms in total. The number of phenols is 3. The van der Waals surface area contributed by atoms with Gasteiger partial charge >= 0.3 is 0 Å². The first kappa shape index (κ1) is 21.9. The zero-order valence-electron chi connectivity index (χ0n) is 18.5. The molecule has 1 fully saturated rings. The van der Waals surface area contributed by atoms with Crippen molar-refractivity contribution in [2.45, 2.75) is 17.9 Å². The Morgan fingerprint density at radius 1 is 0.588 bits per heavy atom. The van der Waals surface area contributed by atoms with Crippen LogP contribution in [0.2, 0.25) is 0 Å². The van der Waals surface area contributed by atoms with Crippen molar-refractivity contribution in [3.05, 3.63) is 119 Å². The number of epoxide rings is 1. The van der Waals surface area contributed by atoms with Gasteiger partial charge in [-0.1, -0.05) is 48.5 Å². The molecule has 34 heavy (non-hydrogen) atoms. The summed E-state index contributed by atoms with van der Waals surface area (Å²) in [5.74, 6) is 1.19. The number of phenolic OH excluding ortho intramolecular Hbond substituents is 3. The molecule has 4 aromatic rings. The molecule has 0 amide bonds. The summed E-state index contributed by atoms with van der Waals surface area (Å²) >= 11 is 0. The van der Waals surface area contributed by atoms with Crippen molar-refractivity contribution in [1.82, 2.24) is 0 Å².